The minimum absolute atomic E-state index is 0.817. The molecular weight excluding hydrogens is 204 g/mol. The van der Waals surface area contributed by atoms with E-state index in [9.17, 15) is 0 Å². The van der Waals surface area contributed by atoms with Crippen molar-refractivity contribution in [3.63, 3.8) is 0 Å². The van der Waals surface area contributed by atoms with Gasteiger partial charge >= 0.3 is 0 Å². The summed E-state index contributed by atoms with van der Waals surface area (Å²) < 4.78 is 0. The number of rotatable bonds is 7. The molecule has 0 atom stereocenters. The van der Waals surface area contributed by atoms with E-state index in [1.165, 1.54) is 29.8 Å². The molecule has 3 heteroatoms. The van der Waals surface area contributed by atoms with Crippen molar-refractivity contribution < 1.29 is 0 Å². The number of unbranched alkanes of at least 4 members (excludes halogenated alkanes) is 1. The molecule has 0 radical (unpaired) electrons. The van der Waals surface area contributed by atoms with Gasteiger partial charge in [0.25, 0.3) is 0 Å². The summed E-state index contributed by atoms with van der Waals surface area (Å²) in [6.07, 6.45) is 3.54. The summed E-state index contributed by atoms with van der Waals surface area (Å²) in [5.74, 6) is 0. The molecule has 1 heterocycles. The van der Waals surface area contributed by atoms with Crippen LogP contribution in [0.2, 0.25) is 0 Å². The van der Waals surface area contributed by atoms with Crippen LogP contribution in [0.15, 0.2) is 11.4 Å². The summed E-state index contributed by atoms with van der Waals surface area (Å²) in [4.78, 5) is 3.93. The second-order valence-electron chi connectivity index (χ2n) is 4.08. The molecule has 1 aromatic heterocycles. The summed E-state index contributed by atoms with van der Waals surface area (Å²) >= 11 is 1.87. The Hall–Kier alpha value is -0.380. The van der Waals surface area contributed by atoms with Gasteiger partial charge in [0.15, 0.2) is 0 Å². The van der Waals surface area contributed by atoms with E-state index in [0.717, 1.165) is 19.5 Å². The number of nitrogens with zero attached hydrogens (tertiary/aromatic N) is 1. The Morgan fingerprint density at radius 1 is 1.33 bits per heavy atom. The zero-order valence-electron chi connectivity index (χ0n) is 9.83. The molecule has 0 aliphatic carbocycles. The number of hydrogen-bond donors (Lipinski definition) is 1. The van der Waals surface area contributed by atoms with E-state index < -0.39 is 0 Å². The van der Waals surface area contributed by atoms with Gasteiger partial charge in [-0.3, -0.25) is 0 Å². The Labute approximate surface area is 97.1 Å². The van der Waals surface area contributed by atoms with Crippen molar-refractivity contribution in [2.24, 2.45) is 5.73 Å². The molecule has 0 fully saturated rings. The van der Waals surface area contributed by atoms with Crippen LogP contribution in [0.25, 0.3) is 0 Å². The number of aryl methyl sites for hydroxylation is 1. The molecule has 2 nitrogen and oxygen atoms in total. The molecule has 0 amide bonds. The molecule has 15 heavy (non-hydrogen) atoms. The van der Waals surface area contributed by atoms with E-state index >= 15 is 0 Å². The van der Waals surface area contributed by atoms with Gasteiger partial charge in [-0.15, -0.1) is 11.3 Å². The predicted molar refractivity (Wildman–Crippen MR) is 68.5 cm³/mol. The Bertz CT molecular complexity index is 270. The normalized spacial score (nSPS) is 11.2. The number of hydrogen-bond acceptors (Lipinski definition) is 3. The third-order valence-corrected chi connectivity index (χ3v) is 3.77. The van der Waals surface area contributed by atoms with Gasteiger partial charge in [-0.25, -0.2) is 0 Å². The van der Waals surface area contributed by atoms with Crippen LogP contribution in [0.5, 0.6) is 0 Å². The van der Waals surface area contributed by atoms with Crippen molar-refractivity contribution in [3.05, 3.63) is 21.9 Å². The summed E-state index contributed by atoms with van der Waals surface area (Å²) in [7, 11) is 2.19. The fourth-order valence-electron chi connectivity index (χ4n) is 1.59. The molecule has 0 spiro atoms. The third kappa shape index (κ3) is 4.78. The van der Waals surface area contributed by atoms with E-state index in [2.05, 4.69) is 30.3 Å². The van der Waals surface area contributed by atoms with E-state index in [1.807, 2.05) is 11.3 Å². The molecule has 0 saturated carbocycles. The van der Waals surface area contributed by atoms with E-state index in [4.69, 9.17) is 5.73 Å². The van der Waals surface area contributed by atoms with Gasteiger partial charge in [0.1, 0.15) is 0 Å². The SMILES string of the molecule is Cc1ccsc1CCN(C)CCCCN. The van der Waals surface area contributed by atoms with Crippen LogP contribution < -0.4 is 5.73 Å². The van der Waals surface area contributed by atoms with Crippen molar-refractivity contribution in [2.45, 2.75) is 26.2 Å². The maximum Gasteiger partial charge on any atom is 0.00871 e. The van der Waals surface area contributed by atoms with Gasteiger partial charge in [0, 0.05) is 11.4 Å². The molecule has 1 aromatic rings. The zero-order chi connectivity index (χ0) is 11.1. The molecule has 1 rings (SSSR count). The first-order valence-electron chi connectivity index (χ1n) is 5.65. The van der Waals surface area contributed by atoms with E-state index in [0.29, 0.717) is 0 Å². The quantitative estimate of drug-likeness (QED) is 0.723. The fraction of sp³-hybridized carbons (Fsp3) is 0.667. The van der Waals surface area contributed by atoms with Gasteiger partial charge in [0.05, 0.1) is 0 Å². The smallest absolute Gasteiger partial charge is 0.00871 e. The van der Waals surface area contributed by atoms with Crippen LogP contribution in [0, 0.1) is 6.92 Å². The van der Waals surface area contributed by atoms with Crippen molar-refractivity contribution in [1.29, 1.82) is 0 Å². The molecule has 0 saturated heterocycles. The van der Waals surface area contributed by atoms with Crippen molar-refractivity contribution in [1.82, 2.24) is 4.90 Å². The standard InChI is InChI=1S/C12H22N2S/c1-11-6-10-15-12(11)5-9-14(2)8-4-3-7-13/h6,10H,3-5,7-9,13H2,1-2H3. The second-order valence-corrected chi connectivity index (χ2v) is 5.08. The highest BCUT2D eigenvalue weighted by molar-refractivity contribution is 7.10. The second kappa shape index (κ2) is 6.99. The van der Waals surface area contributed by atoms with Crippen molar-refractivity contribution >= 4 is 11.3 Å². The van der Waals surface area contributed by atoms with Crippen LogP contribution in [0.3, 0.4) is 0 Å². The number of likely N-dealkylation sites (N-methyl/N-ethyl adjacent to an activating group) is 1. The minimum atomic E-state index is 0.817. The summed E-state index contributed by atoms with van der Waals surface area (Å²) in [5.41, 5.74) is 6.91. The van der Waals surface area contributed by atoms with E-state index in [-0.39, 0.29) is 0 Å². The first-order valence-corrected chi connectivity index (χ1v) is 6.53. The highest BCUT2D eigenvalue weighted by Crippen LogP contribution is 2.16. The van der Waals surface area contributed by atoms with Crippen molar-refractivity contribution in [2.75, 3.05) is 26.7 Å². The fourth-order valence-corrected chi connectivity index (χ4v) is 2.49. The highest BCUT2D eigenvalue weighted by atomic mass is 32.1. The number of thiophene rings is 1. The van der Waals surface area contributed by atoms with E-state index in [1.54, 1.807) is 0 Å². The molecule has 0 bridgehead atoms. The molecular formula is C12H22N2S. The van der Waals surface area contributed by atoms with Gasteiger partial charge in [0.2, 0.25) is 0 Å². The Morgan fingerprint density at radius 3 is 2.73 bits per heavy atom. The predicted octanol–water partition coefficient (Wildman–Crippen LogP) is 2.27. The Kier molecular flexibility index (Phi) is 5.91. The molecule has 0 aromatic carbocycles. The van der Waals surface area contributed by atoms with Gasteiger partial charge in [-0.2, -0.15) is 0 Å². The molecule has 0 aliphatic heterocycles. The Morgan fingerprint density at radius 2 is 2.13 bits per heavy atom. The summed E-state index contributed by atoms with van der Waals surface area (Å²) in [5, 5.41) is 2.18. The van der Waals surface area contributed by atoms with Crippen LogP contribution in [0.1, 0.15) is 23.3 Å². The highest BCUT2D eigenvalue weighted by Gasteiger charge is 2.02. The molecule has 0 unspecified atom stereocenters. The van der Waals surface area contributed by atoms with Crippen LogP contribution in [0.4, 0.5) is 0 Å². The lowest BCUT2D eigenvalue weighted by molar-refractivity contribution is 0.331. The monoisotopic (exact) mass is 226 g/mol. The first kappa shape index (κ1) is 12.7. The average molecular weight is 226 g/mol. The maximum absolute atomic E-state index is 5.47. The van der Waals surface area contributed by atoms with Crippen molar-refractivity contribution in [3.8, 4) is 0 Å². The van der Waals surface area contributed by atoms with Crippen LogP contribution >= 0.6 is 11.3 Å². The first-order chi connectivity index (χ1) is 7.24. The molecule has 0 aliphatic rings. The summed E-state index contributed by atoms with van der Waals surface area (Å²) in [6, 6.07) is 2.20. The number of nitrogens with two attached hydrogens (primary N) is 1. The average Bonchev–Trinajstić information content (AvgIpc) is 2.61. The largest absolute Gasteiger partial charge is 0.330 e. The molecule has 86 valence electrons. The lowest BCUT2D eigenvalue weighted by atomic mass is 10.2. The third-order valence-electron chi connectivity index (χ3n) is 2.68. The van der Waals surface area contributed by atoms with Gasteiger partial charge < -0.3 is 10.6 Å². The van der Waals surface area contributed by atoms with Crippen LogP contribution in [-0.2, 0) is 6.42 Å². The molecule has 2 N–H and O–H groups in total. The van der Waals surface area contributed by atoms with Gasteiger partial charge in [-0.05, 0) is 63.3 Å². The van der Waals surface area contributed by atoms with Crippen LogP contribution in [-0.4, -0.2) is 31.6 Å². The summed E-state index contributed by atoms with van der Waals surface area (Å²) in [6.45, 7) is 5.34. The topological polar surface area (TPSA) is 29.3 Å². The maximum atomic E-state index is 5.47. The Balaban J connectivity index is 2.16. The zero-order valence-corrected chi connectivity index (χ0v) is 10.6. The lowest BCUT2D eigenvalue weighted by Gasteiger charge is -2.15. The van der Waals surface area contributed by atoms with Gasteiger partial charge in [-0.1, -0.05) is 0 Å². The minimum Gasteiger partial charge on any atom is -0.330 e. The lowest BCUT2D eigenvalue weighted by Crippen LogP contribution is -2.22.